The summed E-state index contributed by atoms with van der Waals surface area (Å²) in [5.74, 6) is -0.305. The number of ether oxygens (including phenoxy) is 1. The lowest BCUT2D eigenvalue weighted by Gasteiger charge is -2.39. The second-order valence-corrected chi connectivity index (χ2v) is 6.02. The molecule has 2 rings (SSSR count). The molecule has 6 nitrogen and oxygen atoms in total. The molecule has 0 aromatic heterocycles. The third-order valence-electron chi connectivity index (χ3n) is 3.77. The summed E-state index contributed by atoms with van der Waals surface area (Å²) in [6.45, 7) is 7.03. The molecule has 1 aromatic rings. The van der Waals surface area contributed by atoms with Crippen molar-refractivity contribution in [2.45, 2.75) is 32.7 Å². The highest BCUT2D eigenvalue weighted by molar-refractivity contribution is 5.76. The van der Waals surface area contributed by atoms with Crippen molar-refractivity contribution in [1.82, 2.24) is 4.90 Å². The molecule has 0 spiro atoms. The van der Waals surface area contributed by atoms with Crippen molar-refractivity contribution in [2.75, 3.05) is 25.0 Å². The van der Waals surface area contributed by atoms with Crippen molar-refractivity contribution in [3.8, 4) is 0 Å². The first kappa shape index (κ1) is 16.1. The Hall–Kier alpha value is -2.24. The lowest BCUT2D eigenvalue weighted by Crippen LogP contribution is -2.45. The Bertz CT molecular complexity index is 584. The van der Waals surface area contributed by atoms with Gasteiger partial charge in [-0.15, -0.1) is 0 Å². The minimum absolute atomic E-state index is 0.100. The molecule has 1 aliphatic rings. The first-order chi connectivity index (χ1) is 10.3. The average Bonchev–Trinajstić information content (AvgIpc) is 2.44. The van der Waals surface area contributed by atoms with Gasteiger partial charge in [-0.3, -0.25) is 4.79 Å². The van der Waals surface area contributed by atoms with Crippen molar-refractivity contribution < 1.29 is 19.4 Å². The predicted molar refractivity (Wildman–Crippen MR) is 83.0 cm³/mol. The topological polar surface area (TPSA) is 78.9 Å². The van der Waals surface area contributed by atoms with Gasteiger partial charge in [-0.2, -0.15) is 0 Å². The normalized spacial score (nSPS) is 15.9. The summed E-state index contributed by atoms with van der Waals surface area (Å²) < 4.78 is 4.92. The average molecular weight is 306 g/mol. The van der Waals surface area contributed by atoms with Gasteiger partial charge in [-0.1, -0.05) is 26.0 Å². The number of carboxylic acid groups (broad SMARTS) is 1. The SMILES string of the molecule is CCOC(=O)CNc1cccc2c1C(C)(C)CN(C(=O)O)C2. The highest BCUT2D eigenvalue weighted by Gasteiger charge is 2.35. The molecule has 0 saturated heterocycles. The van der Waals surface area contributed by atoms with E-state index in [0.717, 1.165) is 16.8 Å². The summed E-state index contributed by atoms with van der Waals surface area (Å²) in [6.07, 6.45) is -0.913. The van der Waals surface area contributed by atoms with E-state index in [2.05, 4.69) is 5.32 Å². The van der Waals surface area contributed by atoms with Gasteiger partial charge in [0.25, 0.3) is 0 Å². The molecule has 1 heterocycles. The van der Waals surface area contributed by atoms with Crippen molar-refractivity contribution in [1.29, 1.82) is 0 Å². The first-order valence-electron chi connectivity index (χ1n) is 7.35. The molecule has 0 radical (unpaired) electrons. The zero-order valence-electron chi connectivity index (χ0n) is 13.2. The highest BCUT2D eigenvalue weighted by Crippen LogP contribution is 2.38. The van der Waals surface area contributed by atoms with Crippen LogP contribution in [0.15, 0.2) is 18.2 Å². The molecule has 0 aliphatic carbocycles. The Morgan fingerprint density at radius 3 is 2.77 bits per heavy atom. The Balaban J connectivity index is 2.27. The molecule has 0 bridgehead atoms. The van der Waals surface area contributed by atoms with E-state index in [1.54, 1.807) is 6.92 Å². The maximum absolute atomic E-state index is 11.5. The number of hydrogen-bond donors (Lipinski definition) is 2. The van der Waals surface area contributed by atoms with Crippen LogP contribution in [0.4, 0.5) is 10.5 Å². The number of carbonyl (C=O) groups is 2. The predicted octanol–water partition coefficient (Wildman–Crippen LogP) is 2.43. The Morgan fingerprint density at radius 1 is 1.41 bits per heavy atom. The molecular formula is C16H22N2O4. The summed E-state index contributed by atoms with van der Waals surface area (Å²) in [7, 11) is 0. The van der Waals surface area contributed by atoms with Gasteiger partial charge < -0.3 is 20.1 Å². The van der Waals surface area contributed by atoms with E-state index in [-0.39, 0.29) is 17.9 Å². The largest absolute Gasteiger partial charge is 0.465 e. The summed E-state index contributed by atoms with van der Waals surface area (Å²) in [4.78, 5) is 24.2. The van der Waals surface area contributed by atoms with E-state index < -0.39 is 6.09 Å². The van der Waals surface area contributed by atoms with Crippen molar-refractivity contribution in [3.63, 3.8) is 0 Å². The lowest BCUT2D eigenvalue weighted by molar-refractivity contribution is -0.140. The smallest absolute Gasteiger partial charge is 0.407 e. The third kappa shape index (κ3) is 3.32. The molecule has 1 aromatic carbocycles. The standard InChI is InChI=1S/C16H22N2O4/c1-4-22-13(19)8-17-12-7-5-6-11-9-18(15(20)21)10-16(2,3)14(11)12/h5-7,17H,4,8-10H2,1-3H3,(H,20,21). The molecule has 120 valence electrons. The van der Waals surface area contributed by atoms with Crippen LogP contribution < -0.4 is 5.32 Å². The summed E-state index contributed by atoms with van der Waals surface area (Å²) in [5.41, 5.74) is 2.56. The maximum Gasteiger partial charge on any atom is 0.407 e. The second kappa shape index (κ2) is 6.25. The monoisotopic (exact) mass is 306 g/mol. The van der Waals surface area contributed by atoms with Gasteiger partial charge >= 0.3 is 12.1 Å². The van der Waals surface area contributed by atoms with Crippen molar-refractivity contribution >= 4 is 17.7 Å². The fourth-order valence-corrected chi connectivity index (χ4v) is 3.01. The Kier molecular flexibility index (Phi) is 4.59. The van der Waals surface area contributed by atoms with E-state index in [1.807, 2.05) is 32.0 Å². The molecule has 0 atom stereocenters. The van der Waals surface area contributed by atoms with Gasteiger partial charge in [0.1, 0.15) is 6.54 Å². The van der Waals surface area contributed by atoms with Gasteiger partial charge in [-0.25, -0.2) is 4.79 Å². The van der Waals surface area contributed by atoms with Gasteiger partial charge in [0.2, 0.25) is 0 Å². The molecule has 0 unspecified atom stereocenters. The Labute approximate surface area is 130 Å². The number of hydrogen-bond acceptors (Lipinski definition) is 4. The fraction of sp³-hybridized carbons (Fsp3) is 0.500. The number of nitrogens with one attached hydrogen (secondary N) is 1. The molecule has 1 amide bonds. The van der Waals surface area contributed by atoms with E-state index in [4.69, 9.17) is 4.74 Å². The molecule has 0 saturated carbocycles. The van der Waals surface area contributed by atoms with Crippen LogP contribution in [0.1, 0.15) is 31.9 Å². The van der Waals surface area contributed by atoms with Crippen LogP contribution in [0, 0.1) is 0 Å². The molecule has 2 N–H and O–H groups in total. The summed E-state index contributed by atoms with van der Waals surface area (Å²) in [5, 5.41) is 12.4. The van der Waals surface area contributed by atoms with Gasteiger partial charge in [0.15, 0.2) is 0 Å². The van der Waals surface area contributed by atoms with Crippen LogP contribution in [0.25, 0.3) is 0 Å². The van der Waals surface area contributed by atoms with Crippen LogP contribution in [0.3, 0.4) is 0 Å². The van der Waals surface area contributed by atoms with Gasteiger partial charge in [-0.05, 0) is 24.1 Å². The minimum Gasteiger partial charge on any atom is -0.465 e. The summed E-state index contributed by atoms with van der Waals surface area (Å²) >= 11 is 0. The zero-order valence-corrected chi connectivity index (χ0v) is 13.2. The number of rotatable bonds is 4. The number of fused-ring (bicyclic) bond motifs is 1. The number of amides is 1. The van der Waals surface area contributed by atoms with E-state index in [0.29, 0.717) is 19.7 Å². The number of anilines is 1. The lowest BCUT2D eigenvalue weighted by atomic mass is 9.77. The zero-order chi connectivity index (χ0) is 16.3. The fourth-order valence-electron chi connectivity index (χ4n) is 3.01. The highest BCUT2D eigenvalue weighted by atomic mass is 16.5. The third-order valence-corrected chi connectivity index (χ3v) is 3.77. The quantitative estimate of drug-likeness (QED) is 0.835. The van der Waals surface area contributed by atoms with E-state index in [1.165, 1.54) is 4.90 Å². The molecule has 22 heavy (non-hydrogen) atoms. The Morgan fingerprint density at radius 2 is 2.14 bits per heavy atom. The number of esters is 1. The number of benzene rings is 1. The maximum atomic E-state index is 11.5. The van der Waals surface area contributed by atoms with Crippen molar-refractivity contribution in [2.24, 2.45) is 0 Å². The van der Waals surface area contributed by atoms with E-state index in [9.17, 15) is 14.7 Å². The van der Waals surface area contributed by atoms with Crippen LogP contribution in [0.2, 0.25) is 0 Å². The van der Waals surface area contributed by atoms with Crippen LogP contribution in [-0.4, -0.2) is 41.8 Å². The van der Waals surface area contributed by atoms with Crippen LogP contribution in [0.5, 0.6) is 0 Å². The van der Waals surface area contributed by atoms with Crippen LogP contribution >= 0.6 is 0 Å². The van der Waals surface area contributed by atoms with Crippen molar-refractivity contribution in [3.05, 3.63) is 29.3 Å². The molecule has 1 aliphatic heterocycles. The summed E-state index contributed by atoms with van der Waals surface area (Å²) in [6, 6.07) is 5.71. The number of carbonyl (C=O) groups excluding carboxylic acids is 1. The second-order valence-electron chi connectivity index (χ2n) is 6.02. The molecule has 0 fully saturated rings. The van der Waals surface area contributed by atoms with Crippen LogP contribution in [-0.2, 0) is 21.5 Å². The minimum atomic E-state index is -0.913. The van der Waals surface area contributed by atoms with Gasteiger partial charge in [0, 0.05) is 24.2 Å². The molecule has 6 heteroatoms. The first-order valence-corrected chi connectivity index (χ1v) is 7.35. The number of nitrogens with zero attached hydrogens (tertiary/aromatic N) is 1. The van der Waals surface area contributed by atoms with E-state index >= 15 is 0 Å². The van der Waals surface area contributed by atoms with Gasteiger partial charge in [0.05, 0.1) is 6.61 Å². The molecular weight excluding hydrogens is 284 g/mol.